The van der Waals surface area contributed by atoms with Crippen LogP contribution in [0.4, 0.5) is 10.5 Å². The average molecular weight is 536 g/mol. The summed E-state index contributed by atoms with van der Waals surface area (Å²) in [5.74, 6) is 1.83. The number of carbonyl (C=O) groups is 1. The second-order valence-electron chi connectivity index (χ2n) is 6.99. The summed E-state index contributed by atoms with van der Waals surface area (Å²) in [6.07, 6.45) is 1.26. The number of guanidine groups is 1. The predicted octanol–water partition coefficient (Wildman–Crippen LogP) is 3.87. The maximum absolute atomic E-state index is 11.8. The molecule has 0 saturated carbocycles. The Balaban J connectivity index is 0.00000841. The highest BCUT2D eigenvalue weighted by Crippen LogP contribution is 2.17. The van der Waals surface area contributed by atoms with Gasteiger partial charge in [-0.15, -0.1) is 24.0 Å². The molecular weight excluding hydrogens is 499 g/mol. The second-order valence-corrected chi connectivity index (χ2v) is 6.99. The predicted molar refractivity (Wildman–Crippen MR) is 132 cm³/mol. The molecule has 0 heterocycles. The number of carbonyl (C=O) groups excluding carboxylic acids is 1. The Morgan fingerprint density at radius 3 is 2.63 bits per heavy atom. The van der Waals surface area contributed by atoms with Crippen molar-refractivity contribution in [2.75, 3.05) is 45.8 Å². The highest BCUT2D eigenvalue weighted by molar-refractivity contribution is 14.0. The van der Waals surface area contributed by atoms with E-state index in [-0.39, 0.29) is 30.0 Å². The molecule has 1 aromatic rings. The maximum Gasteiger partial charge on any atom is 0.407 e. The molecule has 0 aliphatic heterocycles. The smallest absolute Gasteiger partial charge is 0.407 e. The third-order valence-corrected chi connectivity index (χ3v) is 3.95. The monoisotopic (exact) mass is 536 g/mol. The zero-order valence-corrected chi connectivity index (χ0v) is 21.0. The molecule has 0 spiro atoms. The minimum absolute atomic E-state index is 0. The Hall–Kier alpha value is -1.75. The van der Waals surface area contributed by atoms with Crippen LogP contribution >= 0.6 is 24.0 Å². The number of aliphatic imine (C=N–C) groups is 1. The Labute approximate surface area is 197 Å². The molecular formula is C21H37IN4O4. The molecule has 0 saturated heterocycles. The van der Waals surface area contributed by atoms with Gasteiger partial charge in [-0.25, -0.2) is 4.79 Å². The van der Waals surface area contributed by atoms with Crippen molar-refractivity contribution in [3.8, 4) is 5.75 Å². The molecule has 1 amide bonds. The third-order valence-electron chi connectivity index (χ3n) is 3.95. The summed E-state index contributed by atoms with van der Waals surface area (Å²) in [5.41, 5.74) is 0.862. The molecule has 1 atom stereocenters. The number of benzene rings is 1. The lowest BCUT2D eigenvalue weighted by Crippen LogP contribution is -2.46. The zero-order chi connectivity index (χ0) is 21.5. The molecule has 1 aromatic carbocycles. The van der Waals surface area contributed by atoms with E-state index in [0.717, 1.165) is 24.3 Å². The summed E-state index contributed by atoms with van der Waals surface area (Å²) in [6.45, 7) is 8.17. The molecule has 3 N–H and O–H groups in total. The Bertz CT molecular complexity index is 629. The SMILES string of the molecule is CCOC(=O)NC(CNC(=NC)Nc1cccc(OCCCOC)c1)CC(C)C.I. The van der Waals surface area contributed by atoms with Gasteiger partial charge in [0, 0.05) is 51.5 Å². The molecule has 0 bridgehead atoms. The van der Waals surface area contributed by atoms with E-state index in [2.05, 4.69) is 34.8 Å². The van der Waals surface area contributed by atoms with Gasteiger partial charge in [0.25, 0.3) is 0 Å². The third kappa shape index (κ3) is 12.7. The zero-order valence-electron chi connectivity index (χ0n) is 18.7. The van der Waals surface area contributed by atoms with Gasteiger partial charge in [0.1, 0.15) is 5.75 Å². The largest absolute Gasteiger partial charge is 0.493 e. The van der Waals surface area contributed by atoms with Crippen LogP contribution in [0.1, 0.15) is 33.6 Å². The topological polar surface area (TPSA) is 93.2 Å². The van der Waals surface area contributed by atoms with E-state index < -0.39 is 6.09 Å². The summed E-state index contributed by atoms with van der Waals surface area (Å²) >= 11 is 0. The number of hydrogen-bond acceptors (Lipinski definition) is 5. The highest BCUT2D eigenvalue weighted by atomic mass is 127. The van der Waals surface area contributed by atoms with Crippen LogP contribution in [-0.2, 0) is 9.47 Å². The van der Waals surface area contributed by atoms with E-state index >= 15 is 0 Å². The lowest BCUT2D eigenvalue weighted by atomic mass is 10.0. The molecule has 8 nitrogen and oxygen atoms in total. The molecule has 0 radical (unpaired) electrons. The lowest BCUT2D eigenvalue weighted by Gasteiger charge is -2.22. The summed E-state index contributed by atoms with van der Waals surface area (Å²) in [4.78, 5) is 16.0. The van der Waals surface area contributed by atoms with Crippen molar-refractivity contribution < 1.29 is 19.0 Å². The number of ether oxygens (including phenoxy) is 3. The van der Waals surface area contributed by atoms with Gasteiger partial charge in [-0.05, 0) is 31.4 Å². The number of anilines is 1. The van der Waals surface area contributed by atoms with Gasteiger partial charge in [0.15, 0.2) is 5.96 Å². The standard InChI is InChI=1S/C21H36N4O4.HI/c1-6-28-21(26)25-18(13-16(2)3)15-23-20(22-4)24-17-9-7-10-19(14-17)29-12-8-11-27-5;/h7,9-10,14,16,18H,6,8,11-13,15H2,1-5H3,(H,25,26)(H2,22,23,24);1H. The maximum atomic E-state index is 11.8. The summed E-state index contributed by atoms with van der Waals surface area (Å²) in [6, 6.07) is 7.63. The van der Waals surface area contributed by atoms with Crippen molar-refractivity contribution in [2.45, 2.75) is 39.7 Å². The van der Waals surface area contributed by atoms with Crippen molar-refractivity contribution in [1.82, 2.24) is 10.6 Å². The van der Waals surface area contributed by atoms with Gasteiger partial charge in [-0.3, -0.25) is 4.99 Å². The first-order chi connectivity index (χ1) is 14.0. The summed E-state index contributed by atoms with van der Waals surface area (Å²) < 4.78 is 15.8. The van der Waals surface area contributed by atoms with Crippen LogP contribution in [-0.4, -0.2) is 58.6 Å². The second kappa shape index (κ2) is 17.0. The van der Waals surface area contributed by atoms with Crippen molar-refractivity contribution in [1.29, 1.82) is 0 Å². The number of nitrogens with zero attached hydrogens (tertiary/aromatic N) is 1. The lowest BCUT2D eigenvalue weighted by molar-refractivity contribution is 0.146. The number of hydrogen-bond donors (Lipinski definition) is 3. The molecule has 1 rings (SSSR count). The molecule has 0 fully saturated rings. The van der Waals surface area contributed by atoms with E-state index in [0.29, 0.717) is 38.2 Å². The molecule has 0 aliphatic rings. The minimum Gasteiger partial charge on any atom is -0.493 e. The number of halogens is 1. The van der Waals surface area contributed by atoms with E-state index in [4.69, 9.17) is 14.2 Å². The Morgan fingerprint density at radius 1 is 1.23 bits per heavy atom. The molecule has 1 unspecified atom stereocenters. The molecule has 9 heteroatoms. The van der Waals surface area contributed by atoms with Crippen LogP contribution in [0.25, 0.3) is 0 Å². The number of methoxy groups -OCH3 is 1. The van der Waals surface area contributed by atoms with E-state index in [1.165, 1.54) is 0 Å². The van der Waals surface area contributed by atoms with Crippen LogP contribution in [0, 0.1) is 5.92 Å². The number of rotatable bonds is 12. The summed E-state index contributed by atoms with van der Waals surface area (Å²) in [7, 11) is 3.38. The number of amides is 1. The average Bonchev–Trinajstić information content (AvgIpc) is 2.68. The minimum atomic E-state index is -0.402. The first kappa shape index (κ1) is 28.2. The Kier molecular flexibility index (Phi) is 16.0. The molecule has 0 aromatic heterocycles. The number of nitrogens with one attached hydrogen (secondary N) is 3. The van der Waals surface area contributed by atoms with Crippen molar-refractivity contribution in [2.24, 2.45) is 10.9 Å². The van der Waals surface area contributed by atoms with E-state index in [1.54, 1.807) is 21.1 Å². The van der Waals surface area contributed by atoms with E-state index in [9.17, 15) is 4.79 Å². The van der Waals surface area contributed by atoms with Crippen LogP contribution in [0.3, 0.4) is 0 Å². The van der Waals surface area contributed by atoms with Gasteiger partial charge in [-0.1, -0.05) is 19.9 Å². The van der Waals surface area contributed by atoms with Crippen LogP contribution < -0.4 is 20.7 Å². The van der Waals surface area contributed by atoms with Gasteiger partial charge in [-0.2, -0.15) is 0 Å². The van der Waals surface area contributed by atoms with Gasteiger partial charge < -0.3 is 30.2 Å². The highest BCUT2D eigenvalue weighted by Gasteiger charge is 2.15. The van der Waals surface area contributed by atoms with Gasteiger partial charge >= 0.3 is 6.09 Å². The van der Waals surface area contributed by atoms with Gasteiger partial charge in [0.2, 0.25) is 0 Å². The van der Waals surface area contributed by atoms with Crippen LogP contribution in [0.2, 0.25) is 0 Å². The fourth-order valence-corrected chi connectivity index (χ4v) is 2.69. The van der Waals surface area contributed by atoms with Gasteiger partial charge in [0.05, 0.1) is 13.2 Å². The van der Waals surface area contributed by atoms with Crippen molar-refractivity contribution >= 4 is 41.7 Å². The number of alkyl carbamates (subject to hydrolysis) is 1. The van der Waals surface area contributed by atoms with Crippen LogP contribution in [0.5, 0.6) is 5.75 Å². The Morgan fingerprint density at radius 2 is 2.00 bits per heavy atom. The van der Waals surface area contributed by atoms with E-state index in [1.807, 2.05) is 24.3 Å². The summed E-state index contributed by atoms with van der Waals surface area (Å²) in [5, 5.41) is 9.41. The van der Waals surface area contributed by atoms with Crippen molar-refractivity contribution in [3.63, 3.8) is 0 Å². The van der Waals surface area contributed by atoms with Crippen molar-refractivity contribution in [3.05, 3.63) is 24.3 Å². The molecule has 0 aliphatic carbocycles. The fourth-order valence-electron chi connectivity index (χ4n) is 2.69. The molecule has 172 valence electrons. The normalized spacial score (nSPS) is 12.0. The first-order valence-corrected chi connectivity index (χ1v) is 10.1. The first-order valence-electron chi connectivity index (χ1n) is 10.1. The molecule has 30 heavy (non-hydrogen) atoms. The fraction of sp³-hybridized carbons (Fsp3) is 0.619. The van der Waals surface area contributed by atoms with Crippen LogP contribution in [0.15, 0.2) is 29.3 Å². The quantitative estimate of drug-likeness (QED) is 0.163.